The Bertz CT molecular complexity index is 879. The van der Waals surface area contributed by atoms with E-state index in [-0.39, 0.29) is 0 Å². The second-order valence-corrected chi connectivity index (χ2v) is 25.1. The minimum Gasteiger partial charge on any atom is -0.432 e. The van der Waals surface area contributed by atoms with Gasteiger partial charge in [0, 0.05) is 46.7 Å². The number of rotatable bonds is 18. The lowest BCUT2D eigenvalue weighted by molar-refractivity contribution is -0.151. The smallest absolute Gasteiger partial charge is 0.432 e. The van der Waals surface area contributed by atoms with Gasteiger partial charge in [-0.3, -0.25) is 4.79 Å². The van der Waals surface area contributed by atoms with E-state index in [1.807, 2.05) is 18.7 Å². The molecule has 0 aliphatic rings. The number of alkyl halides is 3. The standard InChI is InChI=1S/C25H47F3NO6Si4/c1-29(24(30)21-25(26,27)28)22-12-11-13-23(20-22)37(6,7)18-19-38(8,31)16-10-9-14-35-36(5)15-17-39(32-2,33-3)34-4/h11-13,20,31H,9-10,14-19,21H2,1-8H3. The molecule has 0 saturated heterocycles. The molecule has 14 heteroatoms. The van der Waals surface area contributed by atoms with Crippen LogP contribution in [0.4, 0.5) is 18.9 Å². The Balaban J connectivity index is 2.53. The van der Waals surface area contributed by atoms with Gasteiger partial charge in [0.05, 0.1) is 8.07 Å². The van der Waals surface area contributed by atoms with Crippen molar-refractivity contribution in [3.8, 4) is 0 Å². The topological polar surface area (TPSA) is 77.5 Å². The Morgan fingerprint density at radius 3 is 2.18 bits per heavy atom. The first-order valence-electron chi connectivity index (χ1n) is 13.3. The van der Waals surface area contributed by atoms with E-state index in [2.05, 4.69) is 19.6 Å². The largest absolute Gasteiger partial charge is 0.499 e. The molecule has 0 aromatic heterocycles. The summed E-state index contributed by atoms with van der Waals surface area (Å²) in [5.74, 6) is -0.982. The van der Waals surface area contributed by atoms with Gasteiger partial charge in [0.1, 0.15) is 6.42 Å². The fourth-order valence-corrected chi connectivity index (χ4v) is 15.9. The molecule has 1 rings (SSSR count). The maximum Gasteiger partial charge on any atom is 0.499 e. The van der Waals surface area contributed by atoms with Crippen molar-refractivity contribution < 1.29 is 40.5 Å². The highest BCUT2D eigenvalue weighted by Crippen LogP contribution is 2.26. The number of amides is 1. The summed E-state index contributed by atoms with van der Waals surface area (Å²) in [4.78, 5) is 24.3. The molecule has 1 N–H and O–H groups in total. The molecule has 7 nitrogen and oxygen atoms in total. The van der Waals surface area contributed by atoms with Crippen LogP contribution >= 0.6 is 0 Å². The normalized spacial score (nSPS) is 14.5. The lowest BCUT2D eigenvalue weighted by atomic mass is 10.2. The molecule has 0 fully saturated rings. The van der Waals surface area contributed by atoms with Crippen LogP contribution in [0.25, 0.3) is 0 Å². The zero-order chi connectivity index (χ0) is 29.9. The predicted molar refractivity (Wildman–Crippen MR) is 159 cm³/mol. The summed E-state index contributed by atoms with van der Waals surface area (Å²) in [6.07, 6.45) is -4.21. The fraction of sp³-hybridized carbons (Fsp3) is 0.720. The second-order valence-electron chi connectivity index (χ2n) is 11.0. The quantitative estimate of drug-likeness (QED) is 0.174. The van der Waals surface area contributed by atoms with Crippen LogP contribution in [0, 0.1) is 0 Å². The molecule has 1 aromatic rings. The lowest BCUT2D eigenvalue weighted by Gasteiger charge is -2.29. The van der Waals surface area contributed by atoms with Gasteiger partial charge in [-0.2, -0.15) is 13.2 Å². The van der Waals surface area contributed by atoms with Crippen LogP contribution in [-0.4, -0.2) is 86.1 Å². The molecule has 0 bridgehead atoms. The van der Waals surface area contributed by atoms with Crippen molar-refractivity contribution in [2.45, 2.75) is 81.8 Å². The maximum atomic E-state index is 12.7. The number of benzene rings is 1. The van der Waals surface area contributed by atoms with Crippen molar-refractivity contribution >= 4 is 51.0 Å². The summed E-state index contributed by atoms with van der Waals surface area (Å²) >= 11 is 0. The number of carbonyl (C=O) groups excluding carboxylic acids is 1. The van der Waals surface area contributed by atoms with E-state index in [4.69, 9.17) is 17.7 Å². The van der Waals surface area contributed by atoms with E-state index in [0.717, 1.165) is 53.1 Å². The number of unbranched alkanes of at least 4 members (excludes halogenated alkanes) is 1. The van der Waals surface area contributed by atoms with Gasteiger partial charge in [-0.05, 0) is 49.8 Å². The summed E-state index contributed by atoms with van der Waals surface area (Å²) in [5, 5.41) is 1.06. The molecule has 0 aliphatic heterocycles. The van der Waals surface area contributed by atoms with Crippen molar-refractivity contribution in [1.29, 1.82) is 0 Å². The van der Waals surface area contributed by atoms with Crippen molar-refractivity contribution in [2.75, 3.05) is 39.9 Å². The molecule has 1 atom stereocenters. The molecule has 0 heterocycles. The highest BCUT2D eigenvalue weighted by molar-refractivity contribution is 6.91. The third-order valence-corrected chi connectivity index (χ3v) is 18.7. The van der Waals surface area contributed by atoms with Crippen LogP contribution in [0.15, 0.2) is 24.3 Å². The highest BCUT2D eigenvalue weighted by Gasteiger charge is 2.38. The average Bonchev–Trinajstić information content (AvgIpc) is 2.87. The van der Waals surface area contributed by atoms with Crippen LogP contribution in [0.1, 0.15) is 19.3 Å². The van der Waals surface area contributed by atoms with E-state index in [1.54, 1.807) is 33.5 Å². The van der Waals surface area contributed by atoms with E-state index in [1.165, 1.54) is 7.05 Å². The van der Waals surface area contributed by atoms with Crippen LogP contribution in [0.2, 0.25) is 56.4 Å². The summed E-state index contributed by atoms with van der Waals surface area (Å²) in [7, 11) is -1.73. The molecular weight excluding hydrogens is 580 g/mol. The Labute approximate surface area is 237 Å². The fourth-order valence-electron chi connectivity index (χ4n) is 4.23. The van der Waals surface area contributed by atoms with Crippen LogP contribution in [-0.2, 0) is 22.5 Å². The SMILES string of the molecule is CO[Si](CC[Si](C)OCCCC[Si](C)(O)CC[Si](C)(C)c1cccc(N(C)C(=O)CC(F)(F)F)c1)(OC)OC. The zero-order valence-electron chi connectivity index (χ0n) is 24.7. The van der Waals surface area contributed by atoms with Gasteiger partial charge >= 0.3 is 15.0 Å². The third-order valence-electron chi connectivity index (χ3n) is 7.20. The highest BCUT2D eigenvalue weighted by atomic mass is 28.4. The molecule has 1 aromatic carbocycles. The van der Waals surface area contributed by atoms with Gasteiger partial charge in [-0.15, -0.1) is 0 Å². The molecule has 0 aliphatic carbocycles. The molecular formula is C25H47F3NO6Si4. The van der Waals surface area contributed by atoms with E-state index in [9.17, 15) is 22.8 Å². The van der Waals surface area contributed by atoms with Crippen LogP contribution in [0.3, 0.4) is 0 Å². The predicted octanol–water partition coefficient (Wildman–Crippen LogP) is 5.38. The van der Waals surface area contributed by atoms with E-state index < -0.39 is 52.7 Å². The number of nitrogens with zero attached hydrogens (tertiary/aromatic N) is 1. The number of hydrogen-bond acceptors (Lipinski definition) is 6. The molecule has 225 valence electrons. The van der Waals surface area contributed by atoms with E-state index >= 15 is 0 Å². The van der Waals surface area contributed by atoms with Gasteiger partial charge in [0.2, 0.25) is 14.9 Å². The minimum absolute atomic E-state index is 0.461. The van der Waals surface area contributed by atoms with Gasteiger partial charge in [0.25, 0.3) is 0 Å². The Hall–Kier alpha value is -0.852. The minimum atomic E-state index is -4.54. The number of halogens is 3. The first-order valence-corrected chi connectivity index (χ1v) is 23.4. The zero-order valence-corrected chi connectivity index (χ0v) is 28.7. The van der Waals surface area contributed by atoms with Crippen molar-refractivity contribution in [2.24, 2.45) is 0 Å². The number of anilines is 1. The average molecular weight is 627 g/mol. The third kappa shape index (κ3) is 13.1. The van der Waals surface area contributed by atoms with Crippen molar-refractivity contribution in [1.82, 2.24) is 0 Å². The Morgan fingerprint density at radius 2 is 1.62 bits per heavy atom. The first-order chi connectivity index (χ1) is 18.0. The van der Waals surface area contributed by atoms with Gasteiger partial charge in [-0.25, -0.2) is 0 Å². The second kappa shape index (κ2) is 16.0. The first kappa shape index (κ1) is 36.2. The molecule has 0 saturated carbocycles. The maximum absolute atomic E-state index is 12.7. The summed E-state index contributed by atoms with van der Waals surface area (Å²) < 4.78 is 60.4. The lowest BCUT2D eigenvalue weighted by Crippen LogP contribution is -2.44. The Kier molecular flexibility index (Phi) is 14.8. The monoisotopic (exact) mass is 626 g/mol. The summed E-state index contributed by atoms with van der Waals surface area (Å²) in [5.41, 5.74) is 0.461. The van der Waals surface area contributed by atoms with E-state index in [0.29, 0.717) is 12.3 Å². The van der Waals surface area contributed by atoms with Gasteiger partial charge < -0.3 is 27.4 Å². The van der Waals surface area contributed by atoms with Crippen LogP contribution < -0.4 is 10.1 Å². The van der Waals surface area contributed by atoms with Crippen LogP contribution in [0.5, 0.6) is 0 Å². The molecule has 1 amide bonds. The summed E-state index contributed by atoms with van der Waals surface area (Å²) in [6.45, 7) is 9.19. The summed E-state index contributed by atoms with van der Waals surface area (Å²) in [6, 6.07) is 11.3. The molecule has 0 spiro atoms. The van der Waals surface area contributed by atoms with Gasteiger partial charge in [0.15, 0.2) is 8.32 Å². The van der Waals surface area contributed by atoms with Crippen molar-refractivity contribution in [3.05, 3.63) is 24.3 Å². The Morgan fingerprint density at radius 1 is 1.00 bits per heavy atom. The van der Waals surface area contributed by atoms with Crippen molar-refractivity contribution in [3.63, 3.8) is 0 Å². The number of carbonyl (C=O) groups is 1. The molecule has 1 unspecified atom stereocenters. The van der Waals surface area contributed by atoms with Gasteiger partial charge in [-0.1, -0.05) is 42.9 Å². The number of hydrogen-bond donors (Lipinski definition) is 1. The molecule has 1 radical (unpaired) electrons. The molecule has 39 heavy (non-hydrogen) atoms.